The van der Waals surface area contributed by atoms with Gasteiger partial charge in [-0.25, -0.2) is 4.39 Å². The summed E-state index contributed by atoms with van der Waals surface area (Å²) in [7, 11) is 0. The van der Waals surface area contributed by atoms with Gasteiger partial charge >= 0.3 is 0 Å². The molecule has 1 nitrogen and oxygen atoms in total. The van der Waals surface area contributed by atoms with Crippen LogP contribution in [-0.4, -0.2) is 6.04 Å². The normalized spacial score (nSPS) is 24.5. The predicted octanol–water partition coefficient (Wildman–Crippen LogP) is 3.52. The molecule has 0 radical (unpaired) electrons. The third kappa shape index (κ3) is 2.86. The molecule has 17 heavy (non-hydrogen) atoms. The summed E-state index contributed by atoms with van der Waals surface area (Å²) in [4.78, 5) is 0. The summed E-state index contributed by atoms with van der Waals surface area (Å²) in [5, 5.41) is 3.58. The van der Waals surface area contributed by atoms with Crippen LogP contribution in [0.4, 0.5) is 4.39 Å². The van der Waals surface area contributed by atoms with E-state index in [1.54, 1.807) is 6.07 Å². The second-order valence-electron chi connectivity index (χ2n) is 5.68. The molecule has 2 atom stereocenters. The Morgan fingerprint density at radius 1 is 1.41 bits per heavy atom. The first-order valence-corrected chi connectivity index (χ1v) is 6.57. The van der Waals surface area contributed by atoms with E-state index < -0.39 is 0 Å². The van der Waals surface area contributed by atoms with E-state index in [1.807, 2.05) is 12.1 Å². The molecule has 0 saturated carbocycles. The van der Waals surface area contributed by atoms with Gasteiger partial charge in [-0.15, -0.1) is 0 Å². The number of benzene rings is 1. The van der Waals surface area contributed by atoms with Gasteiger partial charge in [0.25, 0.3) is 0 Å². The molecule has 1 heterocycles. The van der Waals surface area contributed by atoms with Crippen molar-refractivity contribution in [2.45, 2.75) is 46.2 Å². The van der Waals surface area contributed by atoms with Crippen molar-refractivity contribution in [3.05, 3.63) is 35.1 Å². The van der Waals surface area contributed by atoms with Crippen LogP contribution in [-0.2, 0) is 13.0 Å². The molecule has 2 unspecified atom stereocenters. The van der Waals surface area contributed by atoms with E-state index in [-0.39, 0.29) is 5.82 Å². The fourth-order valence-corrected chi connectivity index (χ4v) is 2.73. The molecule has 2 heteroatoms. The first-order valence-electron chi connectivity index (χ1n) is 6.57. The Bertz CT molecular complexity index is 387. The van der Waals surface area contributed by atoms with Crippen LogP contribution in [0.3, 0.4) is 0 Å². The standard InChI is InChI=1S/C15H22FN/c1-10(2)7-15-11(3)8-13-12(9-17-15)5-4-6-14(13)16/h4-6,10-11,15,17H,7-9H2,1-3H3. The first-order chi connectivity index (χ1) is 8.08. The van der Waals surface area contributed by atoms with Crippen LogP contribution in [0, 0.1) is 17.7 Å². The monoisotopic (exact) mass is 235 g/mol. The van der Waals surface area contributed by atoms with E-state index >= 15 is 0 Å². The Hall–Kier alpha value is -0.890. The Morgan fingerprint density at radius 3 is 2.88 bits per heavy atom. The minimum Gasteiger partial charge on any atom is -0.310 e. The highest BCUT2D eigenvalue weighted by atomic mass is 19.1. The maximum atomic E-state index is 13.8. The number of rotatable bonds is 2. The van der Waals surface area contributed by atoms with Crippen LogP contribution in [0.25, 0.3) is 0 Å². The van der Waals surface area contributed by atoms with E-state index in [2.05, 4.69) is 26.1 Å². The first kappa shape index (κ1) is 12.6. The number of fused-ring (bicyclic) bond motifs is 1. The van der Waals surface area contributed by atoms with Gasteiger partial charge in [-0.05, 0) is 41.9 Å². The lowest BCUT2D eigenvalue weighted by atomic mass is 9.89. The van der Waals surface area contributed by atoms with Gasteiger partial charge in [0.05, 0.1) is 0 Å². The largest absolute Gasteiger partial charge is 0.310 e. The molecule has 1 aliphatic rings. The summed E-state index contributed by atoms with van der Waals surface area (Å²) < 4.78 is 13.8. The van der Waals surface area contributed by atoms with Crippen molar-refractivity contribution < 1.29 is 4.39 Å². The van der Waals surface area contributed by atoms with Crippen molar-refractivity contribution in [1.29, 1.82) is 0 Å². The number of hydrogen-bond donors (Lipinski definition) is 1. The number of nitrogens with one attached hydrogen (secondary N) is 1. The quantitative estimate of drug-likeness (QED) is 0.827. The van der Waals surface area contributed by atoms with E-state index in [9.17, 15) is 4.39 Å². The van der Waals surface area contributed by atoms with E-state index in [0.717, 1.165) is 30.5 Å². The molecule has 1 N–H and O–H groups in total. The van der Waals surface area contributed by atoms with Crippen LogP contribution in [0.15, 0.2) is 18.2 Å². The second kappa shape index (κ2) is 5.18. The summed E-state index contributed by atoms with van der Waals surface area (Å²) >= 11 is 0. The highest BCUT2D eigenvalue weighted by Gasteiger charge is 2.24. The lowest BCUT2D eigenvalue weighted by Crippen LogP contribution is -2.34. The van der Waals surface area contributed by atoms with E-state index in [4.69, 9.17) is 0 Å². The highest BCUT2D eigenvalue weighted by molar-refractivity contribution is 5.30. The molecule has 1 aliphatic heterocycles. The average molecular weight is 235 g/mol. The van der Waals surface area contributed by atoms with Crippen LogP contribution in [0.5, 0.6) is 0 Å². The third-order valence-corrected chi connectivity index (χ3v) is 3.71. The topological polar surface area (TPSA) is 12.0 Å². The summed E-state index contributed by atoms with van der Waals surface area (Å²) in [6.07, 6.45) is 2.02. The minimum absolute atomic E-state index is 0.0404. The Kier molecular flexibility index (Phi) is 3.82. The summed E-state index contributed by atoms with van der Waals surface area (Å²) in [5.74, 6) is 1.14. The van der Waals surface area contributed by atoms with Crippen molar-refractivity contribution in [3.8, 4) is 0 Å². The van der Waals surface area contributed by atoms with Crippen molar-refractivity contribution in [2.24, 2.45) is 11.8 Å². The molecule has 94 valence electrons. The summed E-state index contributed by atoms with van der Waals surface area (Å²) in [6, 6.07) is 5.93. The van der Waals surface area contributed by atoms with Crippen molar-refractivity contribution in [3.63, 3.8) is 0 Å². The summed E-state index contributed by atoms with van der Waals surface area (Å²) in [5.41, 5.74) is 2.04. The lowest BCUT2D eigenvalue weighted by Gasteiger charge is -2.24. The lowest BCUT2D eigenvalue weighted by molar-refractivity contribution is 0.327. The third-order valence-electron chi connectivity index (χ3n) is 3.71. The predicted molar refractivity (Wildman–Crippen MR) is 69.4 cm³/mol. The van der Waals surface area contributed by atoms with Crippen LogP contribution in [0.1, 0.15) is 38.3 Å². The number of hydrogen-bond acceptors (Lipinski definition) is 1. The molecule has 0 spiro atoms. The maximum absolute atomic E-state index is 13.8. The van der Waals surface area contributed by atoms with E-state index in [0.29, 0.717) is 17.9 Å². The minimum atomic E-state index is -0.0404. The molecule has 1 aromatic rings. The molecule has 0 saturated heterocycles. The van der Waals surface area contributed by atoms with Gasteiger partial charge in [0.1, 0.15) is 5.82 Å². The van der Waals surface area contributed by atoms with Gasteiger partial charge in [-0.3, -0.25) is 0 Å². The van der Waals surface area contributed by atoms with Gasteiger partial charge in [-0.2, -0.15) is 0 Å². The molecular weight excluding hydrogens is 213 g/mol. The summed E-state index contributed by atoms with van der Waals surface area (Å²) in [6.45, 7) is 7.51. The zero-order chi connectivity index (χ0) is 12.4. The van der Waals surface area contributed by atoms with Gasteiger partial charge in [0.15, 0.2) is 0 Å². The molecule has 2 rings (SSSR count). The highest BCUT2D eigenvalue weighted by Crippen LogP contribution is 2.25. The molecule has 0 aliphatic carbocycles. The molecule has 0 amide bonds. The second-order valence-corrected chi connectivity index (χ2v) is 5.68. The van der Waals surface area contributed by atoms with Gasteiger partial charge in [0, 0.05) is 12.6 Å². The Morgan fingerprint density at radius 2 is 2.18 bits per heavy atom. The zero-order valence-corrected chi connectivity index (χ0v) is 11.0. The molecule has 0 bridgehead atoms. The average Bonchev–Trinajstić information content (AvgIpc) is 2.41. The van der Waals surface area contributed by atoms with Gasteiger partial charge in [0.2, 0.25) is 0 Å². The Labute approximate surface area is 103 Å². The van der Waals surface area contributed by atoms with E-state index in [1.165, 1.54) is 0 Å². The molecule has 0 fully saturated rings. The maximum Gasteiger partial charge on any atom is 0.126 e. The SMILES string of the molecule is CC(C)CC1NCc2cccc(F)c2CC1C. The van der Waals surface area contributed by atoms with Crippen LogP contribution < -0.4 is 5.32 Å². The zero-order valence-electron chi connectivity index (χ0n) is 11.0. The molecule has 1 aromatic carbocycles. The Balaban J connectivity index is 2.19. The smallest absolute Gasteiger partial charge is 0.126 e. The van der Waals surface area contributed by atoms with Crippen molar-refractivity contribution >= 4 is 0 Å². The van der Waals surface area contributed by atoms with Crippen LogP contribution >= 0.6 is 0 Å². The van der Waals surface area contributed by atoms with Crippen molar-refractivity contribution in [2.75, 3.05) is 0 Å². The fraction of sp³-hybridized carbons (Fsp3) is 0.600. The number of halogens is 1. The van der Waals surface area contributed by atoms with Gasteiger partial charge in [-0.1, -0.05) is 32.9 Å². The molecular formula is C15H22FN. The van der Waals surface area contributed by atoms with Crippen molar-refractivity contribution in [1.82, 2.24) is 5.32 Å². The van der Waals surface area contributed by atoms with Gasteiger partial charge < -0.3 is 5.32 Å². The van der Waals surface area contributed by atoms with Crippen LogP contribution in [0.2, 0.25) is 0 Å². The fourth-order valence-electron chi connectivity index (χ4n) is 2.73. The molecule has 0 aromatic heterocycles.